The molecule has 0 unspecified atom stereocenters. The van der Waals surface area contributed by atoms with Crippen LogP contribution in [0.5, 0.6) is 0 Å². The maximum Gasteiger partial charge on any atom is 0.418 e. The number of morpholine rings is 1. The van der Waals surface area contributed by atoms with Crippen LogP contribution in [0.4, 0.5) is 24.5 Å². The van der Waals surface area contributed by atoms with Gasteiger partial charge in [0, 0.05) is 25.3 Å². The number of halogens is 4. The van der Waals surface area contributed by atoms with Gasteiger partial charge in [-0.15, -0.1) is 11.3 Å². The number of carbonyl (C=O) groups is 3. The van der Waals surface area contributed by atoms with Crippen LogP contribution in [0.1, 0.15) is 36.0 Å². The summed E-state index contributed by atoms with van der Waals surface area (Å²) in [7, 11) is 1.67. The van der Waals surface area contributed by atoms with Crippen LogP contribution in [-0.4, -0.2) is 68.6 Å². The van der Waals surface area contributed by atoms with E-state index in [1.165, 1.54) is 11.0 Å². The van der Waals surface area contributed by atoms with Crippen molar-refractivity contribution in [2.24, 2.45) is 5.41 Å². The predicted molar refractivity (Wildman–Crippen MR) is 141 cm³/mol. The van der Waals surface area contributed by atoms with E-state index in [0.29, 0.717) is 15.8 Å². The number of alkyl halides is 3. The zero-order chi connectivity index (χ0) is 28.3. The van der Waals surface area contributed by atoms with Gasteiger partial charge in [-0.2, -0.15) is 13.2 Å². The molecular formula is C25H30ClF3N4O4S. The molecule has 2 N–H and O–H groups in total. The number of ether oxygens (including phenoxy) is 1. The summed E-state index contributed by atoms with van der Waals surface area (Å²) < 4.78 is 47.5. The number of thiophene rings is 1. The number of amides is 3. The third-order valence-electron chi connectivity index (χ3n) is 5.68. The molecule has 0 spiro atoms. The second kappa shape index (κ2) is 12.0. The van der Waals surface area contributed by atoms with E-state index in [0.717, 1.165) is 23.5 Å². The van der Waals surface area contributed by atoms with E-state index in [-0.39, 0.29) is 37.4 Å². The second-order valence-electron chi connectivity index (χ2n) is 10.1. The first kappa shape index (κ1) is 29.9. The number of benzene rings is 1. The number of hydrogen-bond donors (Lipinski definition) is 2. The Morgan fingerprint density at radius 3 is 2.50 bits per heavy atom. The highest BCUT2D eigenvalue weighted by atomic mass is 35.5. The average Bonchev–Trinajstić information content (AvgIpc) is 3.24. The average molecular weight is 575 g/mol. The number of hydrogen-bond acceptors (Lipinski definition) is 6. The second-order valence-corrected chi connectivity index (χ2v) is 11.8. The highest BCUT2D eigenvalue weighted by Crippen LogP contribution is 2.38. The standard InChI is InChI=1S/C25H30ClF3N4O4S/c1-24(2,3)14-32(4)18(12-30-23(36)19-7-8-20(26)38-19)22(35)31-17-6-5-15(11-16(17)25(27,28)29)33-9-10-37-13-21(33)34/h5-8,11,18H,9-10,12-14H2,1-4H3,(H,30,36)(H,31,35)/t18-/m1/s1. The Kier molecular flexibility index (Phi) is 9.45. The lowest BCUT2D eigenvalue weighted by molar-refractivity contribution is -0.137. The monoisotopic (exact) mass is 574 g/mol. The van der Waals surface area contributed by atoms with Crippen molar-refractivity contribution in [1.29, 1.82) is 0 Å². The van der Waals surface area contributed by atoms with Gasteiger partial charge in [0.05, 0.1) is 27.1 Å². The summed E-state index contributed by atoms with van der Waals surface area (Å²) in [4.78, 5) is 41.3. The Labute approximate surface area is 228 Å². The first-order valence-corrected chi connectivity index (χ1v) is 13.0. The number of anilines is 2. The largest absolute Gasteiger partial charge is 0.418 e. The molecule has 13 heteroatoms. The molecule has 1 fully saturated rings. The molecule has 1 aromatic heterocycles. The molecule has 0 saturated carbocycles. The SMILES string of the molecule is CN(CC(C)(C)C)[C@H](CNC(=O)c1ccc(Cl)s1)C(=O)Nc1ccc(N2CCOCC2=O)cc1C(F)(F)F. The molecule has 2 heterocycles. The predicted octanol–water partition coefficient (Wildman–Crippen LogP) is 4.50. The first-order chi connectivity index (χ1) is 17.7. The van der Waals surface area contributed by atoms with E-state index >= 15 is 0 Å². The van der Waals surface area contributed by atoms with Gasteiger partial charge in [-0.25, -0.2) is 0 Å². The van der Waals surface area contributed by atoms with Gasteiger partial charge in [0.25, 0.3) is 11.8 Å². The molecule has 3 rings (SSSR count). The van der Waals surface area contributed by atoms with E-state index in [4.69, 9.17) is 16.3 Å². The Bertz CT molecular complexity index is 1180. The van der Waals surface area contributed by atoms with Crippen molar-refractivity contribution in [1.82, 2.24) is 10.2 Å². The topological polar surface area (TPSA) is 91.0 Å². The lowest BCUT2D eigenvalue weighted by Crippen LogP contribution is -2.51. The van der Waals surface area contributed by atoms with E-state index < -0.39 is 41.2 Å². The third kappa shape index (κ3) is 7.92. The van der Waals surface area contributed by atoms with Crippen LogP contribution in [0.3, 0.4) is 0 Å². The molecule has 1 aliphatic heterocycles. The Hall–Kier alpha value is -2.67. The smallest absolute Gasteiger partial charge is 0.370 e. The molecule has 3 amide bonds. The summed E-state index contributed by atoms with van der Waals surface area (Å²) in [6.45, 7) is 6.26. The molecule has 1 saturated heterocycles. The molecule has 208 valence electrons. The molecule has 1 atom stereocenters. The van der Waals surface area contributed by atoms with Crippen LogP contribution < -0.4 is 15.5 Å². The minimum Gasteiger partial charge on any atom is -0.370 e. The maximum absolute atomic E-state index is 14.0. The zero-order valence-corrected chi connectivity index (χ0v) is 23.0. The highest BCUT2D eigenvalue weighted by molar-refractivity contribution is 7.18. The lowest BCUT2D eigenvalue weighted by atomic mass is 9.95. The molecular weight excluding hydrogens is 545 g/mol. The maximum atomic E-state index is 14.0. The van der Waals surface area contributed by atoms with Crippen LogP contribution in [0.25, 0.3) is 0 Å². The van der Waals surface area contributed by atoms with Gasteiger partial charge in [0.15, 0.2) is 0 Å². The van der Waals surface area contributed by atoms with Crippen LogP contribution in [0.15, 0.2) is 30.3 Å². The van der Waals surface area contributed by atoms with Gasteiger partial charge in [0.1, 0.15) is 12.6 Å². The fourth-order valence-electron chi connectivity index (χ4n) is 4.07. The number of nitrogens with one attached hydrogen (secondary N) is 2. The Morgan fingerprint density at radius 1 is 1.21 bits per heavy atom. The zero-order valence-electron chi connectivity index (χ0n) is 21.4. The molecule has 38 heavy (non-hydrogen) atoms. The molecule has 8 nitrogen and oxygen atoms in total. The molecule has 0 aliphatic carbocycles. The fourth-order valence-corrected chi connectivity index (χ4v) is 5.03. The Morgan fingerprint density at radius 2 is 1.92 bits per heavy atom. The number of nitrogens with zero attached hydrogens (tertiary/aromatic N) is 2. The quantitative estimate of drug-likeness (QED) is 0.485. The summed E-state index contributed by atoms with van der Waals surface area (Å²) >= 11 is 6.97. The Balaban J connectivity index is 1.85. The van der Waals surface area contributed by atoms with Gasteiger partial charge in [0.2, 0.25) is 5.91 Å². The molecule has 1 aliphatic rings. The van der Waals surface area contributed by atoms with Crippen LogP contribution in [0, 0.1) is 5.41 Å². The fraction of sp³-hybridized carbons (Fsp3) is 0.480. The van der Waals surface area contributed by atoms with Crippen molar-refractivity contribution < 1.29 is 32.3 Å². The molecule has 1 aromatic carbocycles. The van der Waals surface area contributed by atoms with Gasteiger partial charge in [-0.05, 0) is 42.8 Å². The summed E-state index contributed by atoms with van der Waals surface area (Å²) in [6, 6.07) is 5.47. The lowest BCUT2D eigenvalue weighted by Gasteiger charge is -2.33. The summed E-state index contributed by atoms with van der Waals surface area (Å²) in [6.07, 6.45) is -4.80. The van der Waals surface area contributed by atoms with Crippen molar-refractivity contribution in [2.75, 3.05) is 50.1 Å². The van der Waals surface area contributed by atoms with Gasteiger partial charge >= 0.3 is 6.18 Å². The van der Waals surface area contributed by atoms with Crippen LogP contribution in [-0.2, 0) is 20.5 Å². The number of rotatable bonds is 8. The highest BCUT2D eigenvalue weighted by Gasteiger charge is 2.36. The van der Waals surface area contributed by atoms with Crippen LogP contribution >= 0.6 is 22.9 Å². The van der Waals surface area contributed by atoms with Gasteiger partial charge in [-0.1, -0.05) is 32.4 Å². The van der Waals surface area contributed by atoms with Gasteiger partial charge in [-0.3, -0.25) is 19.3 Å². The van der Waals surface area contributed by atoms with Crippen molar-refractivity contribution in [3.8, 4) is 0 Å². The van der Waals surface area contributed by atoms with Crippen molar-refractivity contribution >= 4 is 52.0 Å². The summed E-state index contributed by atoms with van der Waals surface area (Å²) in [5, 5.41) is 5.07. The van der Waals surface area contributed by atoms with Gasteiger partial charge < -0.3 is 20.3 Å². The minimum atomic E-state index is -4.80. The van der Waals surface area contributed by atoms with E-state index in [1.807, 2.05) is 20.8 Å². The van der Waals surface area contributed by atoms with Crippen molar-refractivity contribution in [3.05, 3.63) is 45.1 Å². The van der Waals surface area contributed by atoms with E-state index in [9.17, 15) is 27.6 Å². The van der Waals surface area contributed by atoms with Crippen molar-refractivity contribution in [3.63, 3.8) is 0 Å². The van der Waals surface area contributed by atoms with E-state index in [2.05, 4.69) is 10.6 Å². The summed E-state index contributed by atoms with van der Waals surface area (Å²) in [5.41, 5.74) is -1.70. The van der Waals surface area contributed by atoms with E-state index in [1.54, 1.807) is 24.1 Å². The normalized spacial score (nSPS) is 15.5. The third-order valence-corrected chi connectivity index (χ3v) is 6.91. The number of likely N-dealkylation sites (N-methyl/N-ethyl adjacent to an activating group) is 1. The summed E-state index contributed by atoms with van der Waals surface area (Å²) in [5.74, 6) is -1.62. The van der Waals surface area contributed by atoms with Crippen LogP contribution in [0.2, 0.25) is 4.34 Å². The minimum absolute atomic E-state index is 0.0619. The molecule has 0 bridgehead atoms. The molecule has 0 radical (unpaired) electrons. The number of carbonyl (C=O) groups excluding carboxylic acids is 3. The molecule has 2 aromatic rings. The van der Waals surface area contributed by atoms with Crippen molar-refractivity contribution in [2.45, 2.75) is 33.0 Å². The first-order valence-electron chi connectivity index (χ1n) is 11.8.